The first-order chi connectivity index (χ1) is 24.9. The Morgan fingerprint density at radius 2 is 1.77 bits per heavy atom. The third-order valence-electron chi connectivity index (χ3n) is 8.17. The van der Waals surface area contributed by atoms with E-state index in [1.807, 2.05) is 0 Å². The largest absolute Gasteiger partial charge is 0.493 e. The van der Waals surface area contributed by atoms with E-state index in [4.69, 9.17) is 42.1 Å². The molecule has 0 atom stereocenters. The van der Waals surface area contributed by atoms with Gasteiger partial charge in [-0.05, 0) is 65.4 Å². The van der Waals surface area contributed by atoms with Crippen molar-refractivity contribution in [3.63, 3.8) is 0 Å². The SMILES string of the molecule is COc1cc(C=C2SC(=O)N(CC(=O)Nc3ccc4c(c3)OCO4)C2=O)ccc1Oc1nc2c(c(=O)n(C)c(=O)n2C)n1Cc1ccc(Cl)cc1Cl. The number of carbonyl (C=O) groups is 3. The summed E-state index contributed by atoms with van der Waals surface area (Å²) in [6, 6.07) is 14.5. The predicted molar refractivity (Wildman–Crippen MR) is 193 cm³/mol. The van der Waals surface area contributed by atoms with Crippen molar-refractivity contribution in [1.29, 1.82) is 0 Å². The van der Waals surface area contributed by atoms with Gasteiger partial charge in [0.2, 0.25) is 12.7 Å². The fourth-order valence-corrected chi connectivity index (χ4v) is 6.84. The molecule has 4 heterocycles. The van der Waals surface area contributed by atoms with Crippen LogP contribution < -0.4 is 35.5 Å². The molecule has 7 rings (SSSR count). The highest BCUT2D eigenvalue weighted by Crippen LogP contribution is 2.38. The molecule has 2 aliphatic heterocycles. The van der Waals surface area contributed by atoms with Crippen molar-refractivity contribution in [2.45, 2.75) is 6.54 Å². The Balaban J connectivity index is 1.14. The Morgan fingerprint density at radius 3 is 2.54 bits per heavy atom. The van der Waals surface area contributed by atoms with Gasteiger partial charge in [0.1, 0.15) is 6.54 Å². The number of nitrogens with one attached hydrogen (secondary N) is 1. The van der Waals surface area contributed by atoms with E-state index in [1.165, 1.54) is 36.4 Å². The Kier molecular flexibility index (Phi) is 9.20. The minimum atomic E-state index is -0.642. The van der Waals surface area contributed by atoms with Crippen molar-refractivity contribution in [2.24, 2.45) is 14.1 Å². The highest BCUT2D eigenvalue weighted by atomic mass is 35.5. The lowest BCUT2D eigenvalue weighted by Crippen LogP contribution is -2.37. The minimum absolute atomic E-state index is 0.0366. The number of nitrogens with zero attached hydrogens (tertiary/aromatic N) is 5. The van der Waals surface area contributed by atoms with Crippen molar-refractivity contribution in [1.82, 2.24) is 23.6 Å². The van der Waals surface area contributed by atoms with Crippen LogP contribution in [0.5, 0.6) is 29.0 Å². The molecule has 52 heavy (non-hydrogen) atoms. The minimum Gasteiger partial charge on any atom is -0.493 e. The van der Waals surface area contributed by atoms with E-state index < -0.39 is 34.8 Å². The zero-order valence-corrected chi connectivity index (χ0v) is 29.8. The van der Waals surface area contributed by atoms with Crippen molar-refractivity contribution < 1.29 is 33.3 Å². The van der Waals surface area contributed by atoms with Crippen LogP contribution in [0, 0.1) is 0 Å². The second-order valence-electron chi connectivity index (χ2n) is 11.5. The smallest absolute Gasteiger partial charge is 0.332 e. The van der Waals surface area contributed by atoms with Crippen molar-refractivity contribution in [3.05, 3.63) is 102 Å². The van der Waals surface area contributed by atoms with Crippen LogP contribution in [0.2, 0.25) is 10.0 Å². The number of imidazole rings is 1. The average Bonchev–Trinajstić information content (AvgIpc) is 3.80. The standard InChI is InChI=1S/C34H26Cl2N6O9S/c1-39-29-28(31(45)40(2)33(39)46)41(14-18-5-6-19(35)12-21(18)36)32(38-29)51-23-8-4-17(10-24(23)48-3)11-26-30(44)42(34(47)52-26)15-27(43)37-20-7-9-22-25(13-20)50-16-49-22/h4-13H,14-16H2,1-3H3,(H,37,43). The maximum Gasteiger partial charge on any atom is 0.332 e. The Labute approximate surface area is 307 Å². The molecule has 1 fully saturated rings. The molecule has 5 aromatic rings. The summed E-state index contributed by atoms with van der Waals surface area (Å²) < 4.78 is 26.1. The van der Waals surface area contributed by atoms with Crippen LogP contribution in [-0.4, -0.2) is 61.1 Å². The number of aryl methyl sites for hydroxylation is 1. The predicted octanol–water partition coefficient (Wildman–Crippen LogP) is 4.99. The van der Waals surface area contributed by atoms with Crippen LogP contribution in [0.25, 0.3) is 17.2 Å². The Hall–Kier alpha value is -5.71. The summed E-state index contributed by atoms with van der Waals surface area (Å²) in [6.45, 7) is -0.379. The van der Waals surface area contributed by atoms with Gasteiger partial charge in [-0.1, -0.05) is 35.3 Å². The van der Waals surface area contributed by atoms with Crippen molar-refractivity contribution in [2.75, 3.05) is 25.8 Å². The van der Waals surface area contributed by atoms with E-state index in [2.05, 4.69) is 10.3 Å². The number of methoxy groups -OCH3 is 1. The number of hydrogen-bond acceptors (Lipinski definition) is 11. The molecule has 3 aromatic carbocycles. The molecule has 18 heteroatoms. The summed E-state index contributed by atoms with van der Waals surface area (Å²) >= 11 is 13.3. The third kappa shape index (κ3) is 6.47. The lowest BCUT2D eigenvalue weighted by atomic mass is 10.2. The molecule has 0 bridgehead atoms. The first-order valence-electron chi connectivity index (χ1n) is 15.3. The number of anilines is 1. The Bertz CT molecular complexity index is 2490. The normalized spacial score (nSPS) is 14.5. The number of aromatic nitrogens is 4. The molecular weight excluding hydrogens is 739 g/mol. The van der Waals surface area contributed by atoms with Gasteiger partial charge in [0.15, 0.2) is 34.2 Å². The summed E-state index contributed by atoms with van der Waals surface area (Å²) in [4.78, 5) is 70.3. The van der Waals surface area contributed by atoms with Gasteiger partial charge in [-0.15, -0.1) is 0 Å². The first kappa shape index (κ1) is 34.7. The van der Waals surface area contributed by atoms with Gasteiger partial charge >= 0.3 is 11.7 Å². The molecular formula is C34H26Cl2N6O9S. The van der Waals surface area contributed by atoms with E-state index in [1.54, 1.807) is 54.6 Å². The third-order valence-corrected chi connectivity index (χ3v) is 9.67. The number of benzene rings is 3. The number of hydrogen-bond donors (Lipinski definition) is 1. The fraction of sp³-hybridized carbons (Fsp3) is 0.176. The second kappa shape index (κ2) is 13.8. The number of imide groups is 1. The number of carbonyl (C=O) groups excluding carboxylic acids is 3. The fourth-order valence-electron chi connectivity index (χ4n) is 5.53. The molecule has 2 aliphatic rings. The number of thioether (sulfide) groups is 1. The number of halogens is 2. The number of amides is 3. The van der Waals surface area contributed by atoms with E-state index in [-0.39, 0.29) is 46.9 Å². The van der Waals surface area contributed by atoms with Crippen LogP contribution in [0.4, 0.5) is 10.5 Å². The molecule has 1 N–H and O–H groups in total. The van der Waals surface area contributed by atoms with Crippen LogP contribution in [0.3, 0.4) is 0 Å². The number of ether oxygens (including phenoxy) is 4. The van der Waals surface area contributed by atoms with Gasteiger partial charge in [-0.3, -0.25) is 37.8 Å². The van der Waals surface area contributed by atoms with Gasteiger partial charge in [-0.2, -0.15) is 4.98 Å². The molecule has 0 aliphatic carbocycles. The quantitative estimate of drug-likeness (QED) is 0.201. The molecule has 266 valence electrons. The molecule has 3 amide bonds. The monoisotopic (exact) mass is 764 g/mol. The molecule has 15 nitrogen and oxygen atoms in total. The molecule has 0 unspecified atom stereocenters. The van der Waals surface area contributed by atoms with Crippen LogP contribution in [0.15, 0.2) is 69.1 Å². The lowest BCUT2D eigenvalue weighted by molar-refractivity contribution is -0.127. The molecule has 2 aromatic heterocycles. The molecule has 0 saturated carbocycles. The number of rotatable bonds is 9. The highest BCUT2D eigenvalue weighted by Gasteiger charge is 2.36. The second-order valence-corrected chi connectivity index (χ2v) is 13.3. The molecule has 0 spiro atoms. The average molecular weight is 766 g/mol. The summed E-state index contributed by atoms with van der Waals surface area (Å²) in [5.41, 5.74) is 0.528. The molecule has 1 saturated heterocycles. The summed E-state index contributed by atoms with van der Waals surface area (Å²) in [5, 5.41) is 2.82. The zero-order chi connectivity index (χ0) is 36.8. The summed E-state index contributed by atoms with van der Waals surface area (Å²) in [6.07, 6.45) is 1.49. The Morgan fingerprint density at radius 1 is 0.981 bits per heavy atom. The summed E-state index contributed by atoms with van der Waals surface area (Å²) in [7, 11) is 4.27. The van der Waals surface area contributed by atoms with Gasteiger partial charge in [0.25, 0.3) is 16.7 Å². The topological polar surface area (TPSA) is 165 Å². The number of fused-ring (bicyclic) bond motifs is 2. The van der Waals surface area contributed by atoms with Gasteiger partial charge in [0, 0.05) is 35.9 Å². The first-order valence-corrected chi connectivity index (χ1v) is 16.9. The van der Waals surface area contributed by atoms with E-state index >= 15 is 0 Å². The van der Waals surface area contributed by atoms with E-state index in [0.717, 1.165) is 9.47 Å². The maximum atomic E-state index is 13.4. The van der Waals surface area contributed by atoms with Gasteiger partial charge in [0.05, 0.1) is 18.6 Å². The van der Waals surface area contributed by atoms with Gasteiger partial charge in [-0.25, -0.2) is 4.79 Å². The van der Waals surface area contributed by atoms with E-state index in [0.29, 0.717) is 50.1 Å². The van der Waals surface area contributed by atoms with Crippen molar-refractivity contribution >= 4 is 74.9 Å². The van der Waals surface area contributed by atoms with Crippen LogP contribution >= 0.6 is 35.0 Å². The van der Waals surface area contributed by atoms with Gasteiger partial charge < -0.3 is 24.3 Å². The van der Waals surface area contributed by atoms with E-state index in [9.17, 15) is 24.0 Å². The summed E-state index contributed by atoms with van der Waals surface area (Å²) in [5.74, 6) is 0.210. The molecule has 0 radical (unpaired) electrons. The maximum absolute atomic E-state index is 13.4. The van der Waals surface area contributed by atoms with Crippen LogP contribution in [0.1, 0.15) is 11.1 Å². The lowest BCUT2D eigenvalue weighted by Gasteiger charge is -2.14. The van der Waals surface area contributed by atoms with Crippen LogP contribution in [-0.2, 0) is 30.2 Å². The zero-order valence-electron chi connectivity index (χ0n) is 27.5. The van der Waals surface area contributed by atoms with Crippen molar-refractivity contribution in [3.8, 4) is 29.0 Å². The highest BCUT2D eigenvalue weighted by molar-refractivity contribution is 8.18.